The largest absolute Gasteiger partial charge is 0.447 e. The number of amides is 2. The van der Waals surface area contributed by atoms with Gasteiger partial charge >= 0.3 is 11.7 Å². The van der Waals surface area contributed by atoms with E-state index >= 15 is 0 Å². The number of primary amides is 1. The number of rotatable bonds is 8. The molecule has 0 radical (unpaired) electrons. The summed E-state index contributed by atoms with van der Waals surface area (Å²) < 4.78 is 12.6. The summed E-state index contributed by atoms with van der Waals surface area (Å²) in [7, 11) is 0. The van der Waals surface area contributed by atoms with E-state index in [-0.39, 0.29) is 12.0 Å². The molecule has 37 heavy (non-hydrogen) atoms. The fraction of sp³-hybridized carbons (Fsp3) is 0.143. The molecule has 1 aliphatic rings. The highest BCUT2D eigenvalue weighted by molar-refractivity contribution is 5.98. The van der Waals surface area contributed by atoms with Crippen molar-refractivity contribution >= 4 is 11.8 Å². The molecule has 4 aromatic rings. The van der Waals surface area contributed by atoms with E-state index in [0.717, 1.165) is 22.4 Å². The van der Waals surface area contributed by atoms with Gasteiger partial charge in [-0.15, -0.1) is 0 Å². The molecule has 0 spiro atoms. The zero-order chi connectivity index (χ0) is 25.8. The summed E-state index contributed by atoms with van der Waals surface area (Å²) in [5.41, 5.74) is 9.61. The number of carbonyl (C=O) groups excluding carboxylic acids is 2. The zero-order valence-electron chi connectivity index (χ0n) is 20.1. The Kier molecular flexibility index (Phi) is 6.42. The number of hydrogen-bond donors (Lipinski definition) is 2. The normalized spacial score (nSPS) is 14.4. The van der Waals surface area contributed by atoms with Crippen molar-refractivity contribution in [2.24, 2.45) is 5.73 Å². The maximum atomic E-state index is 13.6. The molecule has 3 heterocycles. The molecule has 3 N–H and O–H groups in total. The van der Waals surface area contributed by atoms with Crippen LogP contribution in [0.5, 0.6) is 0 Å². The summed E-state index contributed by atoms with van der Waals surface area (Å²) in [6, 6.07) is 21.5. The van der Waals surface area contributed by atoms with Crippen LogP contribution in [0.1, 0.15) is 21.5 Å². The predicted octanol–water partition coefficient (Wildman–Crippen LogP) is 3.28. The summed E-state index contributed by atoms with van der Waals surface area (Å²) in [6.07, 6.45) is 6.04. The Morgan fingerprint density at radius 3 is 2.46 bits per heavy atom. The minimum Gasteiger partial charge on any atom is -0.447 e. The number of hydrogen-bond acceptors (Lipinski definition) is 6. The number of aromatic nitrogens is 3. The van der Waals surface area contributed by atoms with E-state index in [1.54, 1.807) is 29.2 Å². The van der Waals surface area contributed by atoms with Crippen LogP contribution < -0.4 is 11.1 Å². The molecule has 0 saturated carbocycles. The average molecular weight is 496 g/mol. The van der Waals surface area contributed by atoms with Crippen LogP contribution in [0.4, 0.5) is 0 Å². The summed E-state index contributed by atoms with van der Waals surface area (Å²) in [5.74, 6) is -2.91. The van der Waals surface area contributed by atoms with E-state index < -0.39 is 23.6 Å². The van der Waals surface area contributed by atoms with Gasteiger partial charge in [0.1, 0.15) is 18.6 Å². The number of benzene rings is 2. The Bertz CT molecular complexity index is 1460. The molecule has 0 saturated heterocycles. The van der Waals surface area contributed by atoms with Gasteiger partial charge in [-0.3, -0.25) is 9.59 Å². The van der Waals surface area contributed by atoms with E-state index in [1.807, 2.05) is 67.6 Å². The third-order valence-electron chi connectivity index (χ3n) is 6.19. The molecule has 2 aromatic carbocycles. The number of nitrogens with one attached hydrogen (secondary N) is 1. The lowest BCUT2D eigenvalue weighted by molar-refractivity contribution is -0.182. The number of ether oxygens (including phenoxy) is 2. The minimum absolute atomic E-state index is 0.228. The second-order valence-corrected chi connectivity index (χ2v) is 8.59. The molecule has 5 rings (SSSR count). The molecule has 9 nitrogen and oxygen atoms in total. The lowest BCUT2D eigenvalue weighted by atomic mass is 9.97. The van der Waals surface area contributed by atoms with Crippen molar-refractivity contribution in [1.29, 1.82) is 0 Å². The van der Waals surface area contributed by atoms with Crippen molar-refractivity contribution in [3.05, 3.63) is 114 Å². The molecule has 186 valence electrons. The Labute approximate surface area is 213 Å². The summed E-state index contributed by atoms with van der Waals surface area (Å²) in [5, 5.41) is 7.55. The molecule has 1 unspecified atom stereocenters. The second kappa shape index (κ2) is 9.98. The average Bonchev–Trinajstić information content (AvgIpc) is 3.60. The summed E-state index contributed by atoms with van der Waals surface area (Å²) in [4.78, 5) is 30.5. The van der Waals surface area contributed by atoms with Crippen molar-refractivity contribution < 1.29 is 19.1 Å². The second-order valence-electron chi connectivity index (χ2n) is 8.59. The lowest BCUT2D eigenvalue weighted by Gasteiger charge is -2.33. The molecule has 9 heteroatoms. The smallest absolute Gasteiger partial charge is 0.352 e. The first-order chi connectivity index (χ1) is 18.0. The van der Waals surface area contributed by atoms with Crippen LogP contribution >= 0.6 is 0 Å². The van der Waals surface area contributed by atoms with Crippen LogP contribution in [0.2, 0.25) is 0 Å². The highest BCUT2D eigenvalue weighted by atomic mass is 16.7. The van der Waals surface area contributed by atoms with E-state index in [4.69, 9.17) is 15.2 Å². The number of aryl methyl sites for hydroxylation is 1. The number of nitrogens with zero attached hydrogens (tertiary/aromatic N) is 3. The first-order valence-corrected chi connectivity index (χ1v) is 11.7. The first kappa shape index (κ1) is 23.8. The van der Waals surface area contributed by atoms with Crippen LogP contribution in [-0.2, 0) is 20.7 Å². The third kappa shape index (κ3) is 4.66. The van der Waals surface area contributed by atoms with Gasteiger partial charge in [0.2, 0.25) is 0 Å². The third-order valence-corrected chi connectivity index (χ3v) is 6.19. The summed E-state index contributed by atoms with van der Waals surface area (Å²) >= 11 is 0. The molecule has 0 bridgehead atoms. The lowest BCUT2D eigenvalue weighted by Crippen LogP contribution is -2.61. The van der Waals surface area contributed by atoms with Crippen LogP contribution in [0.15, 0.2) is 97.7 Å². The predicted molar refractivity (Wildman–Crippen MR) is 136 cm³/mol. The fourth-order valence-corrected chi connectivity index (χ4v) is 4.31. The van der Waals surface area contributed by atoms with Crippen molar-refractivity contribution in [3.63, 3.8) is 0 Å². The van der Waals surface area contributed by atoms with Crippen molar-refractivity contribution in [2.75, 3.05) is 0 Å². The van der Waals surface area contributed by atoms with E-state index in [2.05, 4.69) is 15.4 Å². The highest BCUT2D eigenvalue weighted by Crippen LogP contribution is 2.28. The summed E-state index contributed by atoms with van der Waals surface area (Å²) in [6.45, 7) is 2.01. The monoisotopic (exact) mass is 495 g/mol. The van der Waals surface area contributed by atoms with Gasteiger partial charge in [-0.25, -0.2) is 9.67 Å². The zero-order valence-corrected chi connectivity index (χ0v) is 20.1. The molecular formula is C28H25N5O4. The highest BCUT2D eigenvalue weighted by Gasteiger charge is 2.51. The standard InChI is InChI=1S/C28H25N5O4/c1-19-8-5-6-11-21(19)23-13-15-33(32-23)25-22(12-7-14-30-25)26(34)31-24(18-20-9-3-2-4-10-20)28(27(29)35)36-16-17-37-28/h2-17,24H,18H2,1H3,(H2,29,35)(H,31,34). The van der Waals surface area contributed by atoms with Crippen molar-refractivity contribution in [1.82, 2.24) is 20.1 Å². The Morgan fingerprint density at radius 2 is 1.73 bits per heavy atom. The van der Waals surface area contributed by atoms with Gasteiger partial charge in [-0.1, -0.05) is 54.6 Å². The molecule has 1 aliphatic heterocycles. The van der Waals surface area contributed by atoms with E-state index in [9.17, 15) is 9.59 Å². The number of carbonyl (C=O) groups is 2. The molecule has 2 amide bonds. The van der Waals surface area contributed by atoms with E-state index in [0.29, 0.717) is 5.82 Å². The Hall–Kier alpha value is -4.92. The van der Waals surface area contributed by atoms with Gasteiger partial charge in [0, 0.05) is 24.4 Å². The van der Waals surface area contributed by atoms with E-state index in [1.165, 1.54) is 12.5 Å². The van der Waals surface area contributed by atoms with Crippen LogP contribution in [-0.4, -0.2) is 38.4 Å². The SMILES string of the molecule is Cc1ccccc1-c1ccn(-c2ncccc2C(=O)NC(Cc2ccccc2)C2(C(N)=O)OC=CO2)n1. The molecular weight excluding hydrogens is 470 g/mol. The fourth-order valence-electron chi connectivity index (χ4n) is 4.31. The minimum atomic E-state index is -1.89. The van der Waals surface area contributed by atoms with Crippen LogP contribution in [0, 0.1) is 6.92 Å². The van der Waals surface area contributed by atoms with Gasteiger partial charge in [0.15, 0.2) is 5.82 Å². The number of pyridine rings is 1. The van der Waals surface area contributed by atoms with Gasteiger partial charge in [-0.05, 0) is 36.2 Å². The maximum Gasteiger partial charge on any atom is 0.352 e. The quantitative estimate of drug-likeness (QED) is 0.387. The molecule has 0 fully saturated rings. The molecule has 0 aliphatic carbocycles. The molecule has 1 atom stereocenters. The Balaban J connectivity index is 1.47. The Morgan fingerprint density at radius 1 is 1.00 bits per heavy atom. The van der Waals surface area contributed by atoms with Gasteiger partial charge in [0.05, 0.1) is 11.3 Å². The van der Waals surface area contributed by atoms with Crippen molar-refractivity contribution in [3.8, 4) is 17.1 Å². The van der Waals surface area contributed by atoms with Gasteiger partial charge in [-0.2, -0.15) is 5.10 Å². The topological polar surface area (TPSA) is 121 Å². The molecule has 2 aromatic heterocycles. The van der Waals surface area contributed by atoms with Crippen LogP contribution in [0.25, 0.3) is 17.1 Å². The van der Waals surface area contributed by atoms with Gasteiger partial charge in [0.25, 0.3) is 5.91 Å². The first-order valence-electron chi connectivity index (χ1n) is 11.7. The maximum absolute atomic E-state index is 13.6. The van der Waals surface area contributed by atoms with Gasteiger partial charge < -0.3 is 20.5 Å². The van der Waals surface area contributed by atoms with Crippen molar-refractivity contribution in [2.45, 2.75) is 25.2 Å². The number of nitrogens with two attached hydrogens (primary N) is 1. The van der Waals surface area contributed by atoms with Crippen LogP contribution in [0.3, 0.4) is 0 Å².